The number of aliphatic imine (C=N–C) groups is 1. The van der Waals surface area contributed by atoms with E-state index in [2.05, 4.69) is 4.99 Å². The van der Waals surface area contributed by atoms with Crippen molar-refractivity contribution in [3.05, 3.63) is 12.2 Å². The van der Waals surface area contributed by atoms with Crippen molar-refractivity contribution in [1.82, 2.24) is 0 Å². The Labute approximate surface area is 53.9 Å². The van der Waals surface area contributed by atoms with E-state index in [-0.39, 0.29) is 0 Å². The SMILES string of the molecule is OB(O)C1=NCC=CC1. The first kappa shape index (κ1) is 6.51. The molecule has 0 bridgehead atoms. The van der Waals surface area contributed by atoms with E-state index in [1.54, 1.807) is 0 Å². The van der Waals surface area contributed by atoms with Gasteiger partial charge in [-0.2, -0.15) is 0 Å². The standard InChI is InChI=1S/C5H8BNO2/c8-6(9)5-3-1-2-4-7-5/h1-2,8-9H,3-4H2. The van der Waals surface area contributed by atoms with Gasteiger partial charge in [0.2, 0.25) is 0 Å². The van der Waals surface area contributed by atoms with Crippen molar-refractivity contribution >= 4 is 12.7 Å². The molecule has 1 heterocycles. The molecule has 9 heavy (non-hydrogen) atoms. The molecule has 48 valence electrons. The molecular weight excluding hydrogens is 117 g/mol. The van der Waals surface area contributed by atoms with Gasteiger partial charge < -0.3 is 10.0 Å². The van der Waals surface area contributed by atoms with Crippen molar-refractivity contribution in [3.8, 4) is 0 Å². The molecule has 0 aromatic heterocycles. The lowest BCUT2D eigenvalue weighted by molar-refractivity contribution is 0.429. The average molecular weight is 125 g/mol. The molecule has 0 saturated carbocycles. The van der Waals surface area contributed by atoms with Crippen LogP contribution in [0.25, 0.3) is 0 Å². The third-order valence-corrected chi connectivity index (χ3v) is 1.19. The molecule has 0 aromatic carbocycles. The summed E-state index contributed by atoms with van der Waals surface area (Å²) in [6.45, 7) is 0.576. The summed E-state index contributed by atoms with van der Waals surface area (Å²) in [7, 11) is -1.37. The Morgan fingerprint density at radius 2 is 2.22 bits per heavy atom. The Morgan fingerprint density at radius 1 is 1.44 bits per heavy atom. The van der Waals surface area contributed by atoms with Gasteiger partial charge in [0, 0.05) is 12.0 Å². The quantitative estimate of drug-likeness (QED) is 0.363. The molecule has 0 saturated heterocycles. The van der Waals surface area contributed by atoms with Crippen LogP contribution in [0.15, 0.2) is 17.1 Å². The molecule has 0 fully saturated rings. The van der Waals surface area contributed by atoms with Gasteiger partial charge in [-0.25, -0.2) is 0 Å². The summed E-state index contributed by atoms with van der Waals surface area (Å²) >= 11 is 0. The van der Waals surface area contributed by atoms with E-state index in [4.69, 9.17) is 10.0 Å². The number of hydrogen-bond donors (Lipinski definition) is 2. The van der Waals surface area contributed by atoms with Crippen LogP contribution in [0, 0.1) is 0 Å². The smallest absolute Gasteiger partial charge is 0.422 e. The van der Waals surface area contributed by atoms with Crippen molar-refractivity contribution < 1.29 is 10.0 Å². The topological polar surface area (TPSA) is 52.8 Å². The van der Waals surface area contributed by atoms with Gasteiger partial charge in [0.25, 0.3) is 0 Å². The zero-order valence-corrected chi connectivity index (χ0v) is 4.99. The highest BCUT2D eigenvalue weighted by Crippen LogP contribution is 1.97. The molecule has 0 aromatic rings. The third kappa shape index (κ3) is 1.66. The second-order valence-corrected chi connectivity index (χ2v) is 1.88. The van der Waals surface area contributed by atoms with Gasteiger partial charge in [0.05, 0.1) is 6.54 Å². The Morgan fingerprint density at radius 3 is 2.56 bits per heavy atom. The van der Waals surface area contributed by atoms with Crippen LogP contribution in [0.3, 0.4) is 0 Å². The summed E-state index contributed by atoms with van der Waals surface area (Å²) < 4.78 is 0. The van der Waals surface area contributed by atoms with E-state index in [1.165, 1.54) is 0 Å². The van der Waals surface area contributed by atoms with Gasteiger partial charge in [-0.05, 0) is 0 Å². The fourth-order valence-corrected chi connectivity index (χ4v) is 0.700. The summed E-state index contributed by atoms with van der Waals surface area (Å²) in [6, 6.07) is 0. The molecule has 0 atom stereocenters. The summed E-state index contributed by atoms with van der Waals surface area (Å²) in [6.07, 6.45) is 4.34. The minimum absolute atomic E-state index is 0.456. The minimum Gasteiger partial charge on any atom is -0.422 e. The molecule has 0 amide bonds. The molecule has 1 aliphatic heterocycles. The largest absolute Gasteiger partial charge is 0.503 e. The monoisotopic (exact) mass is 125 g/mol. The lowest BCUT2D eigenvalue weighted by atomic mass is 9.80. The molecule has 0 unspecified atom stereocenters. The maximum Gasteiger partial charge on any atom is 0.503 e. The van der Waals surface area contributed by atoms with E-state index in [1.807, 2.05) is 12.2 Å². The van der Waals surface area contributed by atoms with Crippen molar-refractivity contribution in [1.29, 1.82) is 0 Å². The molecule has 1 rings (SSSR count). The van der Waals surface area contributed by atoms with E-state index >= 15 is 0 Å². The maximum atomic E-state index is 8.57. The Hall–Kier alpha value is -0.605. The van der Waals surface area contributed by atoms with Gasteiger partial charge in [0.15, 0.2) is 0 Å². The van der Waals surface area contributed by atoms with Gasteiger partial charge in [-0.3, -0.25) is 4.99 Å². The highest BCUT2D eigenvalue weighted by Gasteiger charge is 2.15. The molecule has 0 radical (unpaired) electrons. The van der Waals surface area contributed by atoms with E-state index in [9.17, 15) is 0 Å². The lowest BCUT2D eigenvalue weighted by Crippen LogP contribution is -2.26. The van der Waals surface area contributed by atoms with Gasteiger partial charge in [-0.15, -0.1) is 0 Å². The Kier molecular flexibility index (Phi) is 2.03. The highest BCUT2D eigenvalue weighted by atomic mass is 16.4. The van der Waals surface area contributed by atoms with E-state index in [0.717, 1.165) is 0 Å². The highest BCUT2D eigenvalue weighted by molar-refractivity contribution is 6.80. The van der Waals surface area contributed by atoms with Crippen LogP contribution in [0.2, 0.25) is 0 Å². The first-order valence-corrected chi connectivity index (χ1v) is 2.85. The molecule has 2 N–H and O–H groups in total. The van der Waals surface area contributed by atoms with Crippen LogP contribution in [-0.2, 0) is 0 Å². The first-order chi connectivity index (χ1) is 4.30. The second kappa shape index (κ2) is 2.80. The van der Waals surface area contributed by atoms with Crippen LogP contribution in [0.4, 0.5) is 0 Å². The molecular formula is C5H8BNO2. The van der Waals surface area contributed by atoms with Gasteiger partial charge >= 0.3 is 7.12 Å². The number of rotatable bonds is 1. The predicted molar refractivity (Wildman–Crippen MR) is 36.3 cm³/mol. The summed E-state index contributed by atoms with van der Waals surface area (Å²) in [5.41, 5.74) is 0.456. The third-order valence-electron chi connectivity index (χ3n) is 1.19. The van der Waals surface area contributed by atoms with Crippen molar-refractivity contribution in [2.45, 2.75) is 6.42 Å². The van der Waals surface area contributed by atoms with Crippen LogP contribution in [0.1, 0.15) is 6.42 Å². The summed E-state index contributed by atoms with van der Waals surface area (Å²) in [5.74, 6) is 0. The minimum atomic E-state index is -1.37. The zero-order valence-electron chi connectivity index (χ0n) is 4.99. The summed E-state index contributed by atoms with van der Waals surface area (Å²) in [5, 5.41) is 17.1. The Bertz CT molecular complexity index is 153. The molecule has 0 spiro atoms. The normalized spacial score (nSPS) is 17.3. The number of allylic oxidation sites excluding steroid dienone is 1. The van der Waals surface area contributed by atoms with Crippen molar-refractivity contribution in [2.75, 3.05) is 6.54 Å². The number of dihydropyridines is 1. The fraction of sp³-hybridized carbons (Fsp3) is 0.400. The van der Waals surface area contributed by atoms with Crippen molar-refractivity contribution in [3.63, 3.8) is 0 Å². The first-order valence-electron chi connectivity index (χ1n) is 2.85. The van der Waals surface area contributed by atoms with Crippen LogP contribution in [-0.4, -0.2) is 29.3 Å². The van der Waals surface area contributed by atoms with Crippen molar-refractivity contribution in [2.24, 2.45) is 4.99 Å². The Balaban J connectivity index is 2.50. The average Bonchev–Trinajstić information content (AvgIpc) is 1.90. The lowest BCUT2D eigenvalue weighted by Gasteiger charge is -2.03. The van der Waals surface area contributed by atoms with E-state index < -0.39 is 7.12 Å². The van der Waals surface area contributed by atoms with Gasteiger partial charge in [0.1, 0.15) is 0 Å². The number of nitrogens with zero attached hydrogens (tertiary/aromatic N) is 1. The fourth-order valence-electron chi connectivity index (χ4n) is 0.700. The predicted octanol–water partition coefficient (Wildman–Crippen LogP) is -0.601. The molecule has 0 aliphatic carbocycles. The van der Waals surface area contributed by atoms with E-state index in [0.29, 0.717) is 18.6 Å². The number of hydrogen-bond acceptors (Lipinski definition) is 3. The molecule has 4 heteroatoms. The molecule has 3 nitrogen and oxygen atoms in total. The maximum absolute atomic E-state index is 8.57. The van der Waals surface area contributed by atoms with Crippen LogP contribution < -0.4 is 0 Å². The molecule has 1 aliphatic rings. The zero-order chi connectivity index (χ0) is 6.69. The van der Waals surface area contributed by atoms with Crippen LogP contribution in [0.5, 0.6) is 0 Å². The summed E-state index contributed by atoms with van der Waals surface area (Å²) in [4.78, 5) is 3.86. The van der Waals surface area contributed by atoms with Crippen LogP contribution >= 0.6 is 0 Å². The van der Waals surface area contributed by atoms with Gasteiger partial charge in [-0.1, -0.05) is 12.2 Å². The second-order valence-electron chi connectivity index (χ2n) is 1.88.